The Morgan fingerprint density at radius 1 is 1.20 bits per heavy atom. The number of rotatable bonds is 5. The zero-order valence-electron chi connectivity index (χ0n) is 16.5. The lowest BCUT2D eigenvalue weighted by Crippen LogP contribution is -2.42. The van der Waals surface area contributed by atoms with Crippen LogP contribution in [0.1, 0.15) is 23.6 Å². The summed E-state index contributed by atoms with van der Waals surface area (Å²) in [7, 11) is 0. The molecule has 0 aliphatic carbocycles. The number of nitrogens with one attached hydrogen (secondary N) is 2. The van der Waals surface area contributed by atoms with Gasteiger partial charge in [0.25, 0.3) is 11.6 Å². The summed E-state index contributed by atoms with van der Waals surface area (Å²) in [5, 5.41) is 16.8. The molecular formula is C20H19ClN4O5. The number of hydrogen-bond acceptors (Lipinski definition) is 5. The second-order valence-electron chi connectivity index (χ2n) is 7.16. The Bertz CT molecular complexity index is 1070. The Morgan fingerprint density at radius 3 is 2.43 bits per heavy atom. The number of halogens is 1. The Hall–Kier alpha value is -3.46. The van der Waals surface area contributed by atoms with Gasteiger partial charge in [0, 0.05) is 11.1 Å². The molecule has 3 rings (SSSR count). The van der Waals surface area contributed by atoms with Crippen molar-refractivity contribution in [3.63, 3.8) is 0 Å². The zero-order valence-corrected chi connectivity index (χ0v) is 17.2. The molecule has 2 aromatic rings. The molecular weight excluding hydrogens is 412 g/mol. The van der Waals surface area contributed by atoms with Gasteiger partial charge < -0.3 is 10.6 Å². The van der Waals surface area contributed by atoms with Gasteiger partial charge in [-0.15, -0.1) is 0 Å². The van der Waals surface area contributed by atoms with Gasteiger partial charge in [-0.05, 0) is 49.6 Å². The van der Waals surface area contributed by atoms with Crippen LogP contribution < -0.4 is 10.6 Å². The molecule has 1 saturated heterocycles. The number of anilines is 1. The second kappa shape index (κ2) is 7.75. The standard InChI is InChI=1S/C20H19ClN4O5/c1-11-4-9-15(25(29)30)17(12(11)2)22-16(26)10-24-18(27)20(3,23-19(24)28)13-5-7-14(21)8-6-13/h4-9H,10H2,1-3H3,(H,22,26)(H,23,28). The average Bonchev–Trinajstić information content (AvgIpc) is 2.89. The van der Waals surface area contributed by atoms with Gasteiger partial charge in [0.1, 0.15) is 17.8 Å². The van der Waals surface area contributed by atoms with E-state index in [4.69, 9.17) is 11.6 Å². The Kier molecular flexibility index (Phi) is 5.49. The van der Waals surface area contributed by atoms with Crippen molar-refractivity contribution >= 4 is 40.8 Å². The first-order valence-electron chi connectivity index (χ1n) is 8.99. The molecule has 4 amide bonds. The van der Waals surface area contributed by atoms with E-state index in [-0.39, 0.29) is 11.4 Å². The van der Waals surface area contributed by atoms with Crippen LogP contribution in [0.3, 0.4) is 0 Å². The van der Waals surface area contributed by atoms with E-state index in [1.165, 1.54) is 13.0 Å². The quantitative estimate of drug-likeness (QED) is 0.428. The molecule has 2 aromatic carbocycles. The second-order valence-corrected chi connectivity index (χ2v) is 7.60. The van der Waals surface area contributed by atoms with Crippen molar-refractivity contribution in [2.24, 2.45) is 0 Å². The molecule has 30 heavy (non-hydrogen) atoms. The highest BCUT2D eigenvalue weighted by Crippen LogP contribution is 2.32. The molecule has 1 fully saturated rings. The van der Waals surface area contributed by atoms with Crippen molar-refractivity contribution in [2.45, 2.75) is 26.3 Å². The van der Waals surface area contributed by atoms with Gasteiger partial charge >= 0.3 is 6.03 Å². The van der Waals surface area contributed by atoms with Crippen molar-refractivity contribution in [1.29, 1.82) is 0 Å². The number of amides is 4. The van der Waals surface area contributed by atoms with Gasteiger partial charge in [-0.25, -0.2) is 4.79 Å². The molecule has 9 nitrogen and oxygen atoms in total. The molecule has 1 heterocycles. The van der Waals surface area contributed by atoms with E-state index in [0.29, 0.717) is 16.1 Å². The summed E-state index contributed by atoms with van der Waals surface area (Å²) in [6.07, 6.45) is 0. The molecule has 1 aliphatic rings. The van der Waals surface area contributed by atoms with Crippen LogP contribution in [0, 0.1) is 24.0 Å². The summed E-state index contributed by atoms with van der Waals surface area (Å²) in [5.74, 6) is -1.34. The number of hydrogen-bond donors (Lipinski definition) is 2. The summed E-state index contributed by atoms with van der Waals surface area (Å²) < 4.78 is 0. The highest BCUT2D eigenvalue weighted by molar-refractivity contribution is 6.30. The lowest BCUT2D eigenvalue weighted by molar-refractivity contribution is -0.384. The molecule has 1 atom stereocenters. The number of imide groups is 1. The molecule has 0 spiro atoms. The van der Waals surface area contributed by atoms with Gasteiger partial charge in [-0.2, -0.15) is 0 Å². The minimum Gasteiger partial charge on any atom is -0.319 e. The summed E-state index contributed by atoms with van der Waals surface area (Å²) in [4.78, 5) is 49.4. The van der Waals surface area contributed by atoms with Crippen molar-refractivity contribution in [3.8, 4) is 0 Å². The van der Waals surface area contributed by atoms with E-state index in [1.54, 1.807) is 44.2 Å². The fraction of sp³-hybridized carbons (Fsp3) is 0.250. The predicted octanol–water partition coefficient (Wildman–Crippen LogP) is 3.27. The summed E-state index contributed by atoms with van der Waals surface area (Å²) in [5.41, 5.74) is 0.208. The number of benzene rings is 2. The SMILES string of the molecule is Cc1ccc([N+](=O)[O-])c(NC(=O)CN2C(=O)NC(C)(c3ccc(Cl)cc3)C2=O)c1C. The monoisotopic (exact) mass is 430 g/mol. The van der Waals surface area contributed by atoms with Crippen LogP contribution in [0.15, 0.2) is 36.4 Å². The van der Waals surface area contributed by atoms with Crippen LogP contribution in [0.4, 0.5) is 16.2 Å². The largest absolute Gasteiger partial charge is 0.325 e. The lowest BCUT2D eigenvalue weighted by atomic mass is 9.92. The normalized spacial score (nSPS) is 18.3. The van der Waals surface area contributed by atoms with Crippen LogP contribution in [0.25, 0.3) is 0 Å². The van der Waals surface area contributed by atoms with Gasteiger partial charge in [-0.3, -0.25) is 24.6 Å². The van der Waals surface area contributed by atoms with Gasteiger partial charge in [0.15, 0.2) is 0 Å². The molecule has 1 aliphatic heterocycles. The molecule has 0 radical (unpaired) electrons. The molecule has 10 heteroatoms. The van der Waals surface area contributed by atoms with E-state index in [0.717, 1.165) is 10.5 Å². The maximum atomic E-state index is 12.9. The van der Waals surface area contributed by atoms with Crippen molar-refractivity contribution in [3.05, 3.63) is 68.2 Å². The molecule has 0 bridgehead atoms. The Morgan fingerprint density at radius 2 is 1.83 bits per heavy atom. The third-order valence-corrected chi connectivity index (χ3v) is 5.43. The summed E-state index contributed by atoms with van der Waals surface area (Å²) >= 11 is 5.88. The smallest absolute Gasteiger partial charge is 0.319 e. The fourth-order valence-corrected chi connectivity index (χ4v) is 3.38. The first kappa shape index (κ1) is 21.3. The number of nitro groups is 1. The molecule has 1 unspecified atom stereocenters. The van der Waals surface area contributed by atoms with Gasteiger partial charge in [0.05, 0.1) is 4.92 Å². The highest BCUT2D eigenvalue weighted by atomic mass is 35.5. The average molecular weight is 431 g/mol. The lowest BCUT2D eigenvalue weighted by Gasteiger charge is -2.22. The number of aryl methyl sites for hydroxylation is 1. The van der Waals surface area contributed by atoms with E-state index < -0.39 is 34.9 Å². The number of urea groups is 1. The van der Waals surface area contributed by atoms with Crippen LogP contribution in [0.5, 0.6) is 0 Å². The first-order valence-corrected chi connectivity index (χ1v) is 9.37. The minimum absolute atomic E-state index is 0.0394. The first-order chi connectivity index (χ1) is 14.0. The van der Waals surface area contributed by atoms with Crippen LogP contribution in [0.2, 0.25) is 5.02 Å². The van der Waals surface area contributed by atoms with Crippen molar-refractivity contribution < 1.29 is 19.3 Å². The Balaban J connectivity index is 1.82. The zero-order chi connectivity index (χ0) is 22.2. The minimum atomic E-state index is -1.35. The van der Waals surface area contributed by atoms with E-state index in [9.17, 15) is 24.5 Å². The number of nitrogens with zero attached hydrogens (tertiary/aromatic N) is 2. The number of carbonyl (C=O) groups excluding carboxylic acids is 3. The molecule has 0 aromatic heterocycles. The third-order valence-electron chi connectivity index (χ3n) is 5.17. The Labute approximate surface area is 177 Å². The molecule has 2 N–H and O–H groups in total. The predicted molar refractivity (Wildman–Crippen MR) is 110 cm³/mol. The van der Waals surface area contributed by atoms with Gasteiger partial charge in [0.2, 0.25) is 5.91 Å². The highest BCUT2D eigenvalue weighted by Gasteiger charge is 2.49. The summed E-state index contributed by atoms with van der Waals surface area (Å²) in [6.45, 7) is 4.34. The fourth-order valence-electron chi connectivity index (χ4n) is 3.25. The summed E-state index contributed by atoms with van der Waals surface area (Å²) in [6, 6.07) is 8.56. The van der Waals surface area contributed by atoms with Gasteiger partial charge in [-0.1, -0.05) is 29.8 Å². The van der Waals surface area contributed by atoms with Crippen LogP contribution in [-0.4, -0.2) is 34.2 Å². The van der Waals surface area contributed by atoms with Crippen molar-refractivity contribution in [1.82, 2.24) is 10.2 Å². The van der Waals surface area contributed by atoms with E-state index in [2.05, 4.69) is 10.6 Å². The number of nitro benzene ring substituents is 1. The topological polar surface area (TPSA) is 122 Å². The maximum absolute atomic E-state index is 12.9. The maximum Gasteiger partial charge on any atom is 0.325 e. The third kappa shape index (κ3) is 3.71. The van der Waals surface area contributed by atoms with Crippen LogP contribution >= 0.6 is 11.6 Å². The van der Waals surface area contributed by atoms with E-state index in [1.807, 2.05) is 0 Å². The molecule has 156 valence electrons. The van der Waals surface area contributed by atoms with Crippen LogP contribution in [-0.2, 0) is 15.1 Å². The van der Waals surface area contributed by atoms with E-state index >= 15 is 0 Å². The van der Waals surface area contributed by atoms with Crippen molar-refractivity contribution in [2.75, 3.05) is 11.9 Å². The molecule has 0 saturated carbocycles. The number of carbonyl (C=O) groups is 3.